The summed E-state index contributed by atoms with van der Waals surface area (Å²) in [5, 5.41) is 3.23. The van der Waals surface area contributed by atoms with Crippen LogP contribution in [0.4, 0.5) is 11.5 Å². The van der Waals surface area contributed by atoms with Crippen LogP contribution in [0.25, 0.3) is 0 Å². The van der Waals surface area contributed by atoms with Crippen LogP contribution in [-0.2, 0) is 0 Å². The third kappa shape index (κ3) is 1.93. The Bertz CT molecular complexity index is 442. The first-order valence-corrected chi connectivity index (χ1v) is 5.23. The number of amides is 1. The Labute approximate surface area is 94.2 Å². The summed E-state index contributed by atoms with van der Waals surface area (Å²) < 4.78 is 0. The van der Waals surface area contributed by atoms with Crippen molar-refractivity contribution in [3.8, 4) is 0 Å². The molecule has 5 N–H and O–H groups in total. The number of rotatable bonds is 3. The fraction of sp³-hybridized carbons (Fsp3) is 0.455. The van der Waals surface area contributed by atoms with Gasteiger partial charge in [-0.2, -0.15) is 0 Å². The summed E-state index contributed by atoms with van der Waals surface area (Å²) in [7, 11) is 0. The monoisotopic (exact) mass is 220 g/mol. The summed E-state index contributed by atoms with van der Waals surface area (Å²) in [5.41, 5.74) is 12.0. The van der Waals surface area contributed by atoms with E-state index in [2.05, 4.69) is 24.1 Å². The first-order chi connectivity index (χ1) is 7.40. The van der Waals surface area contributed by atoms with Crippen LogP contribution in [0.1, 0.15) is 30.8 Å². The summed E-state index contributed by atoms with van der Waals surface area (Å²) in [6.07, 6.45) is 1.08. The van der Waals surface area contributed by atoms with Gasteiger partial charge < -0.3 is 16.8 Å². The first-order valence-electron chi connectivity index (χ1n) is 5.23. The molecule has 1 amide bonds. The molecule has 5 heteroatoms. The number of nitrogens with zero attached hydrogens (tertiary/aromatic N) is 1. The highest BCUT2D eigenvalue weighted by Crippen LogP contribution is 2.46. The molecule has 1 aliphatic carbocycles. The van der Waals surface area contributed by atoms with Crippen LogP contribution in [0.2, 0.25) is 0 Å². The zero-order valence-corrected chi connectivity index (χ0v) is 9.45. The number of nitrogens with one attached hydrogen (secondary N) is 1. The van der Waals surface area contributed by atoms with E-state index in [0.717, 1.165) is 6.42 Å². The molecule has 16 heavy (non-hydrogen) atoms. The Hall–Kier alpha value is -1.78. The summed E-state index contributed by atoms with van der Waals surface area (Å²) in [6, 6.07) is 3.54. The lowest BCUT2D eigenvalue weighted by Crippen LogP contribution is -2.17. The molecule has 2 rings (SSSR count). The number of aromatic nitrogens is 1. The highest BCUT2D eigenvalue weighted by molar-refractivity contribution is 5.91. The van der Waals surface area contributed by atoms with Crippen LogP contribution in [0.3, 0.4) is 0 Å². The van der Waals surface area contributed by atoms with Crippen molar-refractivity contribution in [2.75, 3.05) is 11.1 Å². The molecular weight excluding hydrogens is 204 g/mol. The van der Waals surface area contributed by atoms with Gasteiger partial charge in [0.05, 0.1) is 5.69 Å². The molecule has 0 spiro atoms. The number of carbonyl (C=O) groups is 1. The van der Waals surface area contributed by atoms with E-state index in [9.17, 15) is 4.79 Å². The van der Waals surface area contributed by atoms with Gasteiger partial charge in [-0.05, 0) is 24.0 Å². The number of hydrogen-bond acceptors (Lipinski definition) is 4. The SMILES string of the molecule is CC1(C)CC1Nc1nc(C(N)=O)ccc1N. The van der Waals surface area contributed by atoms with E-state index >= 15 is 0 Å². The third-order valence-electron chi connectivity index (χ3n) is 3.00. The topological polar surface area (TPSA) is 94.0 Å². The van der Waals surface area contributed by atoms with Gasteiger partial charge in [-0.1, -0.05) is 13.8 Å². The minimum Gasteiger partial charge on any atom is -0.396 e. The Morgan fingerprint density at radius 1 is 1.56 bits per heavy atom. The van der Waals surface area contributed by atoms with E-state index in [-0.39, 0.29) is 11.1 Å². The van der Waals surface area contributed by atoms with Gasteiger partial charge in [0.25, 0.3) is 5.91 Å². The maximum absolute atomic E-state index is 11.0. The van der Waals surface area contributed by atoms with E-state index in [0.29, 0.717) is 17.5 Å². The van der Waals surface area contributed by atoms with Crippen molar-refractivity contribution in [3.63, 3.8) is 0 Å². The molecule has 1 heterocycles. The van der Waals surface area contributed by atoms with Crippen LogP contribution < -0.4 is 16.8 Å². The maximum atomic E-state index is 11.0. The van der Waals surface area contributed by atoms with E-state index < -0.39 is 5.91 Å². The fourth-order valence-electron chi connectivity index (χ4n) is 1.60. The average molecular weight is 220 g/mol. The molecule has 1 aromatic heterocycles. The molecule has 0 radical (unpaired) electrons. The number of primary amides is 1. The van der Waals surface area contributed by atoms with Gasteiger partial charge in [0.1, 0.15) is 11.5 Å². The quantitative estimate of drug-likeness (QED) is 0.707. The molecular formula is C11H16N4O. The van der Waals surface area contributed by atoms with Crippen molar-refractivity contribution < 1.29 is 4.79 Å². The van der Waals surface area contributed by atoms with Crippen molar-refractivity contribution in [1.82, 2.24) is 4.98 Å². The van der Waals surface area contributed by atoms with Gasteiger partial charge in [-0.15, -0.1) is 0 Å². The lowest BCUT2D eigenvalue weighted by molar-refractivity contribution is 0.0996. The molecule has 1 atom stereocenters. The Morgan fingerprint density at radius 3 is 2.69 bits per heavy atom. The molecule has 86 valence electrons. The number of carbonyl (C=O) groups excluding carboxylic acids is 1. The van der Waals surface area contributed by atoms with Crippen LogP contribution >= 0.6 is 0 Å². The predicted molar refractivity (Wildman–Crippen MR) is 63.0 cm³/mol. The molecule has 1 saturated carbocycles. The molecule has 0 aliphatic heterocycles. The van der Waals surface area contributed by atoms with Gasteiger partial charge in [-0.3, -0.25) is 4.79 Å². The molecule has 0 saturated heterocycles. The van der Waals surface area contributed by atoms with Crippen molar-refractivity contribution in [1.29, 1.82) is 0 Å². The Balaban J connectivity index is 2.20. The second-order valence-electron chi connectivity index (χ2n) is 4.89. The summed E-state index contributed by atoms with van der Waals surface area (Å²) in [4.78, 5) is 15.1. The van der Waals surface area contributed by atoms with Gasteiger partial charge in [0.15, 0.2) is 0 Å². The molecule has 1 aromatic rings. The maximum Gasteiger partial charge on any atom is 0.267 e. The van der Waals surface area contributed by atoms with Crippen molar-refractivity contribution in [2.45, 2.75) is 26.3 Å². The minimum atomic E-state index is -0.543. The summed E-state index contributed by atoms with van der Waals surface area (Å²) in [5.74, 6) is 0.00461. The van der Waals surface area contributed by atoms with Gasteiger partial charge in [0.2, 0.25) is 0 Å². The van der Waals surface area contributed by atoms with Gasteiger partial charge in [-0.25, -0.2) is 4.98 Å². The summed E-state index contributed by atoms with van der Waals surface area (Å²) in [6.45, 7) is 4.33. The molecule has 1 aliphatic rings. The van der Waals surface area contributed by atoms with E-state index in [4.69, 9.17) is 11.5 Å². The average Bonchev–Trinajstić information content (AvgIpc) is 2.77. The van der Waals surface area contributed by atoms with Crippen LogP contribution in [0.15, 0.2) is 12.1 Å². The Kier molecular flexibility index (Phi) is 2.26. The molecule has 1 fully saturated rings. The molecule has 1 unspecified atom stereocenters. The Morgan fingerprint density at radius 2 is 2.19 bits per heavy atom. The lowest BCUT2D eigenvalue weighted by Gasteiger charge is -2.10. The van der Waals surface area contributed by atoms with E-state index in [1.54, 1.807) is 6.07 Å². The third-order valence-corrected chi connectivity index (χ3v) is 3.00. The molecule has 5 nitrogen and oxygen atoms in total. The number of hydrogen-bond donors (Lipinski definition) is 3. The highest BCUT2D eigenvalue weighted by atomic mass is 16.1. The number of nitrogens with two attached hydrogens (primary N) is 2. The van der Waals surface area contributed by atoms with Crippen molar-refractivity contribution in [2.24, 2.45) is 11.1 Å². The van der Waals surface area contributed by atoms with E-state index in [1.807, 2.05) is 0 Å². The first kappa shape index (κ1) is 10.7. The van der Waals surface area contributed by atoms with Crippen LogP contribution in [-0.4, -0.2) is 16.9 Å². The molecule has 0 bridgehead atoms. The second-order valence-corrected chi connectivity index (χ2v) is 4.89. The van der Waals surface area contributed by atoms with Crippen LogP contribution in [0.5, 0.6) is 0 Å². The highest BCUT2D eigenvalue weighted by Gasteiger charge is 2.46. The lowest BCUT2D eigenvalue weighted by atomic mass is 10.2. The zero-order valence-electron chi connectivity index (χ0n) is 9.45. The number of nitrogen functional groups attached to an aromatic ring is 1. The van der Waals surface area contributed by atoms with Crippen molar-refractivity contribution >= 4 is 17.4 Å². The largest absolute Gasteiger partial charge is 0.396 e. The minimum absolute atomic E-state index is 0.232. The normalized spacial score (nSPS) is 21.5. The second kappa shape index (κ2) is 3.37. The van der Waals surface area contributed by atoms with Gasteiger partial charge >= 0.3 is 0 Å². The number of anilines is 2. The number of pyridine rings is 1. The van der Waals surface area contributed by atoms with Crippen molar-refractivity contribution in [3.05, 3.63) is 17.8 Å². The molecule has 0 aromatic carbocycles. The van der Waals surface area contributed by atoms with Gasteiger partial charge in [0, 0.05) is 6.04 Å². The fourth-order valence-corrected chi connectivity index (χ4v) is 1.60. The van der Waals surface area contributed by atoms with Crippen LogP contribution in [0, 0.1) is 5.41 Å². The standard InChI is InChI=1S/C11H16N4O/c1-11(2)5-8(11)15-10-6(12)3-4-7(14-10)9(13)16/h3-4,8H,5,12H2,1-2H3,(H2,13,16)(H,14,15). The summed E-state index contributed by atoms with van der Waals surface area (Å²) >= 11 is 0. The predicted octanol–water partition coefficient (Wildman–Crippen LogP) is 0.973. The smallest absolute Gasteiger partial charge is 0.267 e. The van der Waals surface area contributed by atoms with E-state index in [1.165, 1.54) is 6.07 Å². The zero-order chi connectivity index (χ0) is 11.9.